The molecule has 0 spiro atoms. The fourth-order valence-electron chi connectivity index (χ4n) is 2.99. The highest BCUT2D eigenvalue weighted by Crippen LogP contribution is 2.12. The zero-order chi connectivity index (χ0) is 27.7. The lowest BCUT2D eigenvalue weighted by molar-refractivity contribution is 0.00380. The number of aliphatic hydroxyl groups is 1. The van der Waals surface area contributed by atoms with Gasteiger partial charge in [0.1, 0.15) is 13.2 Å². The van der Waals surface area contributed by atoms with Crippen molar-refractivity contribution in [2.75, 3.05) is 100 Å². The molecule has 220 valence electrons. The van der Waals surface area contributed by atoms with Gasteiger partial charge in [0, 0.05) is 27.4 Å². The molecular formula is C24H43N3O11. The van der Waals surface area contributed by atoms with Gasteiger partial charge in [0.2, 0.25) is 5.69 Å². The Morgan fingerprint density at radius 1 is 0.658 bits per heavy atom. The molecule has 14 nitrogen and oxygen atoms in total. The number of hydrogen-bond donors (Lipinski definition) is 1. The van der Waals surface area contributed by atoms with Crippen molar-refractivity contribution in [2.24, 2.45) is 0 Å². The molecule has 0 atom stereocenters. The molecule has 1 N–H and O–H groups in total. The van der Waals surface area contributed by atoms with Gasteiger partial charge in [0.25, 0.3) is 0 Å². The average molecular weight is 550 g/mol. The lowest BCUT2D eigenvalue weighted by Gasteiger charge is -2.10. The normalized spacial score (nSPS) is 11.1. The third-order valence-corrected chi connectivity index (χ3v) is 4.93. The molecule has 14 heteroatoms. The molecule has 1 aromatic rings. The molecule has 0 amide bonds. The predicted molar refractivity (Wildman–Crippen MR) is 133 cm³/mol. The number of methoxy groups -OCH3 is 2. The van der Waals surface area contributed by atoms with Crippen molar-refractivity contribution in [1.29, 1.82) is 0 Å². The summed E-state index contributed by atoms with van der Waals surface area (Å²) >= 11 is 0. The van der Waals surface area contributed by atoms with Gasteiger partial charge in [-0.05, 0) is 12.8 Å². The minimum Gasteiger partial charge on any atom is -0.458 e. The maximum Gasteiger partial charge on any atom is 0.361 e. The second kappa shape index (κ2) is 23.9. The average Bonchev–Trinajstić information content (AvgIpc) is 3.35. The van der Waals surface area contributed by atoms with Crippen molar-refractivity contribution in [2.45, 2.75) is 32.2 Å². The van der Waals surface area contributed by atoms with Gasteiger partial charge >= 0.3 is 11.9 Å². The number of carbonyl (C=O) groups excluding carboxylic acids is 2. The van der Waals surface area contributed by atoms with Crippen LogP contribution in [-0.4, -0.2) is 132 Å². The summed E-state index contributed by atoms with van der Waals surface area (Å²) in [6.45, 7) is 4.17. The first kappa shape index (κ1) is 33.8. The third kappa shape index (κ3) is 15.9. The fourth-order valence-corrected chi connectivity index (χ4v) is 2.99. The summed E-state index contributed by atoms with van der Waals surface area (Å²) in [4.78, 5) is 25.4. The Bertz CT molecular complexity index is 733. The van der Waals surface area contributed by atoms with E-state index in [0.717, 1.165) is 12.8 Å². The van der Waals surface area contributed by atoms with Crippen LogP contribution >= 0.6 is 0 Å². The van der Waals surface area contributed by atoms with Gasteiger partial charge in [-0.15, -0.1) is 5.10 Å². The summed E-state index contributed by atoms with van der Waals surface area (Å²) in [6.07, 6.45) is 3.04. The van der Waals surface area contributed by atoms with Crippen molar-refractivity contribution in [1.82, 2.24) is 15.0 Å². The van der Waals surface area contributed by atoms with Gasteiger partial charge in [-0.25, -0.2) is 14.3 Å². The highest BCUT2D eigenvalue weighted by Gasteiger charge is 2.27. The molecule has 0 aromatic carbocycles. The van der Waals surface area contributed by atoms with Crippen LogP contribution in [0.2, 0.25) is 0 Å². The maximum atomic E-state index is 12.8. The second-order valence-corrected chi connectivity index (χ2v) is 7.85. The molecule has 1 aromatic heterocycles. The molecule has 0 aliphatic rings. The predicted octanol–water partition coefficient (Wildman–Crippen LogP) is 0.504. The number of ether oxygens (including phenoxy) is 8. The molecule has 0 saturated carbocycles. The number of aliphatic hydroxyl groups excluding tert-OH is 1. The van der Waals surface area contributed by atoms with Crippen LogP contribution in [0, 0.1) is 0 Å². The van der Waals surface area contributed by atoms with E-state index in [1.165, 1.54) is 4.68 Å². The Morgan fingerprint density at radius 3 is 1.66 bits per heavy atom. The quantitative estimate of drug-likeness (QED) is 0.126. The van der Waals surface area contributed by atoms with E-state index in [-0.39, 0.29) is 44.4 Å². The number of aryl methyl sites for hydroxylation is 1. The summed E-state index contributed by atoms with van der Waals surface area (Å²) in [7, 11) is 3.19. The van der Waals surface area contributed by atoms with Crippen molar-refractivity contribution in [3.05, 3.63) is 11.4 Å². The van der Waals surface area contributed by atoms with Crippen molar-refractivity contribution < 1.29 is 52.6 Å². The van der Waals surface area contributed by atoms with Gasteiger partial charge in [-0.2, -0.15) is 0 Å². The van der Waals surface area contributed by atoms with Crippen LogP contribution in [0.15, 0.2) is 0 Å². The maximum absolute atomic E-state index is 12.8. The van der Waals surface area contributed by atoms with Crippen LogP contribution < -0.4 is 0 Å². The largest absolute Gasteiger partial charge is 0.458 e. The number of rotatable bonds is 26. The van der Waals surface area contributed by atoms with Crippen LogP contribution in [0.4, 0.5) is 0 Å². The van der Waals surface area contributed by atoms with E-state index in [4.69, 9.17) is 43.0 Å². The minimum absolute atomic E-state index is 0.0205. The van der Waals surface area contributed by atoms with Gasteiger partial charge < -0.3 is 43.0 Å². The van der Waals surface area contributed by atoms with Crippen molar-refractivity contribution in [3.63, 3.8) is 0 Å². The molecule has 0 aliphatic carbocycles. The molecule has 1 heterocycles. The van der Waals surface area contributed by atoms with Crippen molar-refractivity contribution in [3.8, 4) is 0 Å². The van der Waals surface area contributed by atoms with E-state index in [1.54, 1.807) is 14.2 Å². The van der Waals surface area contributed by atoms with E-state index in [2.05, 4.69) is 10.3 Å². The van der Waals surface area contributed by atoms with Crippen LogP contribution in [0.5, 0.6) is 0 Å². The monoisotopic (exact) mass is 549 g/mol. The molecule has 0 saturated heterocycles. The smallest absolute Gasteiger partial charge is 0.361 e. The summed E-state index contributed by atoms with van der Waals surface area (Å²) in [5, 5.41) is 16.8. The first-order valence-corrected chi connectivity index (χ1v) is 12.8. The third-order valence-electron chi connectivity index (χ3n) is 4.93. The Morgan fingerprint density at radius 2 is 1.13 bits per heavy atom. The minimum atomic E-state index is -0.798. The van der Waals surface area contributed by atoms with Crippen molar-refractivity contribution >= 4 is 11.9 Å². The first-order valence-electron chi connectivity index (χ1n) is 12.8. The molecule has 0 fully saturated rings. The number of hydrogen-bond acceptors (Lipinski definition) is 13. The number of carbonyl (C=O) groups is 2. The first-order chi connectivity index (χ1) is 18.7. The Labute approximate surface area is 223 Å². The van der Waals surface area contributed by atoms with Gasteiger partial charge in [0.05, 0.1) is 66.1 Å². The van der Waals surface area contributed by atoms with Gasteiger partial charge in [-0.3, -0.25) is 0 Å². The zero-order valence-electron chi connectivity index (χ0n) is 22.6. The van der Waals surface area contributed by atoms with Crippen LogP contribution in [0.1, 0.15) is 46.7 Å². The Balaban J connectivity index is 2.52. The van der Waals surface area contributed by atoms with Gasteiger partial charge in [0.15, 0.2) is 5.69 Å². The Hall–Kier alpha value is -2.20. The molecule has 38 heavy (non-hydrogen) atoms. The standard InChI is InChI=1S/C24H43N3O11/c1-31-9-11-33-13-15-35-17-19-37-23(29)21-22(27(26-25-21)7-5-3-4-6-8-28)24(30)38-20-18-36-16-14-34-12-10-32-2/h28H,3-20H2,1-2H3. The second-order valence-electron chi connectivity index (χ2n) is 7.85. The fraction of sp³-hybridized carbons (Fsp3) is 0.833. The van der Waals surface area contributed by atoms with E-state index in [0.29, 0.717) is 72.2 Å². The number of esters is 2. The molecular weight excluding hydrogens is 506 g/mol. The summed E-state index contributed by atoms with van der Waals surface area (Å²) in [5.74, 6) is -1.55. The Kier molecular flexibility index (Phi) is 21.3. The number of unbranched alkanes of at least 4 members (excludes halogenated alkanes) is 3. The summed E-state index contributed by atoms with van der Waals surface area (Å²) in [6, 6.07) is 0. The summed E-state index contributed by atoms with van der Waals surface area (Å²) in [5.41, 5.74) is -0.298. The molecule has 0 unspecified atom stereocenters. The lowest BCUT2D eigenvalue weighted by Crippen LogP contribution is -2.21. The van der Waals surface area contributed by atoms with Crippen LogP contribution in [-0.2, 0) is 44.4 Å². The molecule has 0 radical (unpaired) electrons. The van der Waals surface area contributed by atoms with E-state index < -0.39 is 11.9 Å². The topological polar surface area (TPSA) is 159 Å². The highest BCUT2D eigenvalue weighted by molar-refractivity contribution is 6.00. The molecule has 1 rings (SSSR count). The van der Waals surface area contributed by atoms with E-state index in [1.807, 2.05) is 0 Å². The summed E-state index contributed by atoms with van der Waals surface area (Å²) < 4.78 is 42.9. The van der Waals surface area contributed by atoms with E-state index in [9.17, 15) is 9.59 Å². The lowest BCUT2D eigenvalue weighted by atomic mass is 10.2. The number of aromatic nitrogens is 3. The SMILES string of the molecule is COCCOCCOCCOC(=O)c1nnn(CCCCCCO)c1C(=O)OCCOCCOCCOC. The zero-order valence-corrected chi connectivity index (χ0v) is 22.6. The van der Waals surface area contributed by atoms with Gasteiger partial charge in [-0.1, -0.05) is 18.1 Å². The molecule has 0 aliphatic heterocycles. The van der Waals surface area contributed by atoms with Crippen LogP contribution in [0.3, 0.4) is 0 Å². The highest BCUT2D eigenvalue weighted by atomic mass is 16.6. The van der Waals surface area contributed by atoms with Crippen LogP contribution in [0.25, 0.3) is 0 Å². The van der Waals surface area contributed by atoms with E-state index >= 15 is 0 Å². The number of nitrogens with zero attached hydrogens (tertiary/aromatic N) is 3. The molecule has 0 bridgehead atoms.